The summed E-state index contributed by atoms with van der Waals surface area (Å²) in [4.78, 5) is 0. The van der Waals surface area contributed by atoms with Gasteiger partial charge in [0.15, 0.2) is 0 Å². The van der Waals surface area contributed by atoms with E-state index in [1.165, 1.54) is 0 Å². The van der Waals surface area contributed by atoms with Crippen molar-refractivity contribution in [2.75, 3.05) is 6.61 Å². The average Bonchev–Trinajstić information content (AvgIpc) is 2.45. The van der Waals surface area contributed by atoms with Gasteiger partial charge in [-0.1, -0.05) is 12.2 Å². The predicted molar refractivity (Wildman–Crippen MR) is 35.0 cm³/mol. The van der Waals surface area contributed by atoms with E-state index in [1.54, 1.807) is 0 Å². The molecule has 2 nitrogen and oxygen atoms in total. The Kier molecular flexibility index (Phi) is 1.10. The van der Waals surface area contributed by atoms with E-state index in [0.717, 1.165) is 6.42 Å². The maximum Gasteiger partial charge on any atom is 0.0477 e. The van der Waals surface area contributed by atoms with Crippen LogP contribution in [0.5, 0.6) is 0 Å². The highest BCUT2D eigenvalue weighted by atomic mass is 16.3. The van der Waals surface area contributed by atoms with Crippen molar-refractivity contribution in [2.24, 2.45) is 5.92 Å². The second-order valence-electron chi connectivity index (χ2n) is 2.86. The SMILES string of the molecule is OCC1CC2C=CC1N2. The summed E-state index contributed by atoms with van der Waals surface area (Å²) in [5.74, 6) is 0.486. The summed E-state index contributed by atoms with van der Waals surface area (Å²) >= 11 is 0. The van der Waals surface area contributed by atoms with Crippen molar-refractivity contribution in [2.45, 2.75) is 18.5 Å². The standard InChI is InChI=1S/C7H11NO/c9-4-5-3-6-1-2-7(5)8-6/h1-2,5-9H,3-4H2. The highest BCUT2D eigenvalue weighted by Gasteiger charge is 2.33. The first-order valence-electron chi connectivity index (χ1n) is 3.45. The topological polar surface area (TPSA) is 32.3 Å². The molecule has 2 aliphatic rings. The lowest BCUT2D eigenvalue weighted by molar-refractivity contribution is 0.223. The van der Waals surface area contributed by atoms with Crippen LogP contribution >= 0.6 is 0 Å². The molecule has 0 spiro atoms. The van der Waals surface area contributed by atoms with Gasteiger partial charge in [0.2, 0.25) is 0 Å². The number of rotatable bonds is 1. The third kappa shape index (κ3) is 0.705. The van der Waals surface area contributed by atoms with E-state index in [0.29, 0.717) is 24.6 Å². The maximum absolute atomic E-state index is 8.81. The molecule has 2 bridgehead atoms. The third-order valence-corrected chi connectivity index (χ3v) is 2.26. The fourth-order valence-electron chi connectivity index (χ4n) is 1.71. The molecule has 0 aliphatic carbocycles. The molecular weight excluding hydrogens is 114 g/mol. The second kappa shape index (κ2) is 1.82. The number of hydrogen-bond acceptors (Lipinski definition) is 2. The largest absolute Gasteiger partial charge is 0.396 e. The molecule has 2 heterocycles. The zero-order valence-electron chi connectivity index (χ0n) is 5.25. The highest BCUT2D eigenvalue weighted by Crippen LogP contribution is 2.26. The van der Waals surface area contributed by atoms with Crippen LogP contribution in [0.25, 0.3) is 0 Å². The Morgan fingerprint density at radius 3 is 2.78 bits per heavy atom. The van der Waals surface area contributed by atoms with Crippen molar-refractivity contribution in [1.29, 1.82) is 0 Å². The molecule has 2 N–H and O–H groups in total. The fraction of sp³-hybridized carbons (Fsp3) is 0.714. The molecule has 9 heavy (non-hydrogen) atoms. The van der Waals surface area contributed by atoms with Crippen molar-refractivity contribution in [3.05, 3.63) is 12.2 Å². The molecule has 2 heteroatoms. The number of aliphatic hydroxyl groups is 1. The van der Waals surface area contributed by atoms with Crippen LogP contribution in [0.3, 0.4) is 0 Å². The molecule has 3 unspecified atom stereocenters. The minimum absolute atomic E-state index is 0.332. The Morgan fingerprint density at radius 2 is 2.44 bits per heavy atom. The molecule has 50 valence electrons. The Bertz CT molecular complexity index is 144. The third-order valence-electron chi connectivity index (χ3n) is 2.26. The molecule has 0 aromatic rings. The Balaban J connectivity index is 2.10. The monoisotopic (exact) mass is 125 g/mol. The van der Waals surface area contributed by atoms with E-state index in [2.05, 4.69) is 17.5 Å². The van der Waals surface area contributed by atoms with Crippen molar-refractivity contribution in [1.82, 2.24) is 5.32 Å². The van der Waals surface area contributed by atoms with Gasteiger partial charge in [-0.25, -0.2) is 0 Å². The Hall–Kier alpha value is -0.340. The molecule has 0 aromatic heterocycles. The van der Waals surface area contributed by atoms with Gasteiger partial charge in [-0.3, -0.25) is 0 Å². The normalized spacial score (nSPS) is 46.6. The van der Waals surface area contributed by atoms with E-state index in [1.807, 2.05) is 0 Å². The van der Waals surface area contributed by atoms with Crippen LogP contribution in [0.4, 0.5) is 0 Å². The van der Waals surface area contributed by atoms with Gasteiger partial charge in [-0.15, -0.1) is 0 Å². The molecule has 1 saturated heterocycles. The van der Waals surface area contributed by atoms with Gasteiger partial charge in [0, 0.05) is 24.6 Å². The van der Waals surface area contributed by atoms with Crippen LogP contribution in [-0.4, -0.2) is 23.8 Å². The quantitative estimate of drug-likeness (QED) is 0.479. The molecule has 0 saturated carbocycles. The van der Waals surface area contributed by atoms with Gasteiger partial charge in [-0.05, 0) is 6.42 Å². The summed E-state index contributed by atoms with van der Waals surface area (Å²) in [5, 5.41) is 12.2. The molecule has 2 aliphatic heterocycles. The summed E-state index contributed by atoms with van der Waals surface area (Å²) in [6.07, 6.45) is 5.48. The predicted octanol–water partition coefficient (Wildman–Crippen LogP) is -0.105. The van der Waals surface area contributed by atoms with Crippen LogP contribution in [0, 0.1) is 5.92 Å². The van der Waals surface area contributed by atoms with Crippen LogP contribution in [0.15, 0.2) is 12.2 Å². The van der Waals surface area contributed by atoms with E-state index in [9.17, 15) is 0 Å². The summed E-state index contributed by atoms with van der Waals surface area (Å²) < 4.78 is 0. The first-order valence-corrected chi connectivity index (χ1v) is 3.45. The van der Waals surface area contributed by atoms with Crippen molar-refractivity contribution >= 4 is 0 Å². The Labute approximate surface area is 54.6 Å². The highest BCUT2D eigenvalue weighted by molar-refractivity contribution is 5.16. The molecule has 3 atom stereocenters. The van der Waals surface area contributed by atoms with Gasteiger partial charge in [-0.2, -0.15) is 0 Å². The van der Waals surface area contributed by atoms with E-state index < -0.39 is 0 Å². The fourth-order valence-corrected chi connectivity index (χ4v) is 1.71. The smallest absolute Gasteiger partial charge is 0.0477 e. The van der Waals surface area contributed by atoms with Gasteiger partial charge >= 0.3 is 0 Å². The molecule has 1 fully saturated rings. The number of fused-ring (bicyclic) bond motifs is 2. The summed E-state index contributed by atoms with van der Waals surface area (Å²) in [6.45, 7) is 0.332. The first-order chi connectivity index (χ1) is 4.40. The summed E-state index contributed by atoms with van der Waals surface area (Å²) in [5.41, 5.74) is 0. The Morgan fingerprint density at radius 1 is 1.56 bits per heavy atom. The van der Waals surface area contributed by atoms with E-state index in [4.69, 9.17) is 5.11 Å². The van der Waals surface area contributed by atoms with E-state index in [-0.39, 0.29) is 0 Å². The average molecular weight is 125 g/mol. The molecular formula is C7H11NO. The zero-order valence-corrected chi connectivity index (χ0v) is 5.25. The molecule has 2 rings (SSSR count). The lowest BCUT2D eigenvalue weighted by atomic mass is 9.95. The van der Waals surface area contributed by atoms with Gasteiger partial charge in [0.1, 0.15) is 0 Å². The summed E-state index contributed by atoms with van der Waals surface area (Å²) in [7, 11) is 0. The van der Waals surface area contributed by atoms with Crippen LogP contribution in [-0.2, 0) is 0 Å². The van der Waals surface area contributed by atoms with Crippen LogP contribution in [0.1, 0.15) is 6.42 Å². The van der Waals surface area contributed by atoms with Crippen molar-refractivity contribution < 1.29 is 5.11 Å². The number of aliphatic hydroxyl groups excluding tert-OH is 1. The molecule has 0 aromatic carbocycles. The number of hydrogen-bond donors (Lipinski definition) is 2. The van der Waals surface area contributed by atoms with Crippen LogP contribution < -0.4 is 5.32 Å². The summed E-state index contributed by atoms with van der Waals surface area (Å²) in [6, 6.07) is 1.03. The van der Waals surface area contributed by atoms with Gasteiger partial charge < -0.3 is 10.4 Å². The van der Waals surface area contributed by atoms with Crippen molar-refractivity contribution in [3.63, 3.8) is 0 Å². The van der Waals surface area contributed by atoms with Gasteiger partial charge in [0.25, 0.3) is 0 Å². The first kappa shape index (κ1) is 5.45. The lowest BCUT2D eigenvalue weighted by Gasteiger charge is -2.11. The van der Waals surface area contributed by atoms with Crippen molar-refractivity contribution in [3.8, 4) is 0 Å². The maximum atomic E-state index is 8.81. The second-order valence-corrected chi connectivity index (χ2v) is 2.86. The molecule has 0 radical (unpaired) electrons. The lowest BCUT2D eigenvalue weighted by Crippen LogP contribution is -2.24. The van der Waals surface area contributed by atoms with E-state index >= 15 is 0 Å². The minimum atomic E-state index is 0.332. The number of nitrogens with one attached hydrogen (secondary N) is 1. The zero-order chi connectivity index (χ0) is 6.27. The molecule has 0 amide bonds. The minimum Gasteiger partial charge on any atom is -0.396 e. The van der Waals surface area contributed by atoms with Crippen LogP contribution in [0.2, 0.25) is 0 Å². The van der Waals surface area contributed by atoms with Gasteiger partial charge in [0.05, 0.1) is 0 Å².